The molecule has 3 N–H and O–H groups in total. The molecule has 8 heteroatoms. The number of nitrogens with one attached hydrogen (secondary N) is 3. The monoisotopic (exact) mass is 384 g/mol. The summed E-state index contributed by atoms with van der Waals surface area (Å²) in [5.41, 5.74) is 2.46. The maximum Gasteiger partial charge on any atom is 0.272 e. The number of nitrogens with zero attached hydrogens (tertiary/aromatic N) is 1. The van der Waals surface area contributed by atoms with Crippen LogP contribution in [0.4, 0.5) is 0 Å². The van der Waals surface area contributed by atoms with Crippen molar-refractivity contribution in [1.82, 2.24) is 20.8 Å². The number of aromatic amines is 1. The average Bonchev–Trinajstić information content (AvgIpc) is 3.04. The van der Waals surface area contributed by atoms with Crippen molar-refractivity contribution in [3.63, 3.8) is 0 Å². The summed E-state index contributed by atoms with van der Waals surface area (Å²) in [6, 6.07) is 7.33. The summed E-state index contributed by atoms with van der Waals surface area (Å²) in [6.45, 7) is 3.98. The molecule has 1 unspecified atom stereocenters. The molecule has 6 nitrogen and oxygen atoms in total. The molecular formula is C17H22Cl2N4O2. The molecule has 0 radical (unpaired) electrons. The molecule has 136 valence electrons. The fourth-order valence-electron chi connectivity index (χ4n) is 2.69. The summed E-state index contributed by atoms with van der Waals surface area (Å²) in [4.78, 5) is 12.4. The van der Waals surface area contributed by atoms with Crippen LogP contribution >= 0.6 is 24.0 Å². The summed E-state index contributed by atoms with van der Waals surface area (Å²) in [5.74, 6) is 0.444. The predicted molar refractivity (Wildman–Crippen MR) is 99.7 cm³/mol. The molecular weight excluding hydrogens is 363 g/mol. The van der Waals surface area contributed by atoms with Crippen molar-refractivity contribution in [3.05, 3.63) is 46.2 Å². The van der Waals surface area contributed by atoms with E-state index in [9.17, 15) is 4.79 Å². The number of hydrogen-bond donors (Lipinski definition) is 3. The minimum Gasteiger partial charge on any atom is -0.487 e. The average molecular weight is 385 g/mol. The zero-order valence-electron chi connectivity index (χ0n) is 14.0. The van der Waals surface area contributed by atoms with Gasteiger partial charge in [0.1, 0.15) is 11.9 Å². The Morgan fingerprint density at radius 3 is 3.00 bits per heavy atom. The normalized spacial score (nSPS) is 14.2. The van der Waals surface area contributed by atoms with Crippen molar-refractivity contribution in [2.24, 2.45) is 0 Å². The Bertz CT molecular complexity index is 720. The highest BCUT2D eigenvalue weighted by Gasteiger charge is 2.22. The Kier molecular flexibility index (Phi) is 7.11. The number of H-pyrrole nitrogens is 1. The van der Waals surface area contributed by atoms with Gasteiger partial charge < -0.3 is 15.4 Å². The van der Waals surface area contributed by atoms with Crippen LogP contribution in [-0.4, -0.2) is 35.3 Å². The molecule has 0 saturated heterocycles. The number of benzene rings is 1. The number of para-hydroxylation sites is 1. The molecule has 0 saturated carbocycles. The van der Waals surface area contributed by atoms with E-state index in [1.165, 1.54) is 0 Å². The summed E-state index contributed by atoms with van der Waals surface area (Å²) >= 11 is 6.12. The maximum atomic E-state index is 12.4. The fourth-order valence-corrected chi connectivity index (χ4v) is 2.87. The smallest absolute Gasteiger partial charge is 0.272 e. The first-order valence-corrected chi connectivity index (χ1v) is 8.53. The Labute approximate surface area is 158 Å². The number of aromatic nitrogens is 2. The largest absolute Gasteiger partial charge is 0.487 e. The molecule has 2 heterocycles. The van der Waals surface area contributed by atoms with Crippen LogP contribution in [0.25, 0.3) is 0 Å². The molecule has 0 aliphatic carbocycles. The molecule has 1 aliphatic rings. The van der Waals surface area contributed by atoms with Gasteiger partial charge in [-0.25, -0.2) is 0 Å². The molecule has 25 heavy (non-hydrogen) atoms. The number of carbonyl (C=O) groups excluding carboxylic acids is 1. The van der Waals surface area contributed by atoms with Crippen LogP contribution in [0.15, 0.2) is 24.3 Å². The van der Waals surface area contributed by atoms with Gasteiger partial charge in [0.25, 0.3) is 5.91 Å². The van der Waals surface area contributed by atoms with E-state index in [4.69, 9.17) is 16.3 Å². The zero-order chi connectivity index (χ0) is 16.9. The number of fused-ring (bicyclic) bond motifs is 1. The second-order valence-corrected chi connectivity index (χ2v) is 6.15. The van der Waals surface area contributed by atoms with Gasteiger partial charge in [-0.1, -0.05) is 30.7 Å². The molecule has 2 aromatic rings. The first-order chi connectivity index (χ1) is 11.7. The molecule has 1 amide bonds. The molecule has 1 aliphatic heterocycles. The van der Waals surface area contributed by atoms with E-state index >= 15 is 0 Å². The van der Waals surface area contributed by atoms with Crippen LogP contribution in [0.5, 0.6) is 5.75 Å². The van der Waals surface area contributed by atoms with E-state index in [0.29, 0.717) is 29.6 Å². The van der Waals surface area contributed by atoms with Crippen molar-refractivity contribution in [2.75, 3.05) is 13.1 Å². The van der Waals surface area contributed by atoms with Crippen molar-refractivity contribution >= 4 is 29.9 Å². The van der Waals surface area contributed by atoms with Crippen LogP contribution in [0.2, 0.25) is 5.02 Å². The summed E-state index contributed by atoms with van der Waals surface area (Å²) in [7, 11) is 0. The van der Waals surface area contributed by atoms with Gasteiger partial charge in [-0.05, 0) is 18.6 Å². The third kappa shape index (κ3) is 4.66. The molecule has 1 aromatic carbocycles. The van der Waals surface area contributed by atoms with Crippen LogP contribution < -0.4 is 15.4 Å². The first kappa shape index (κ1) is 19.6. The Morgan fingerprint density at radius 2 is 2.24 bits per heavy atom. The number of rotatable bonds is 6. The van der Waals surface area contributed by atoms with E-state index in [2.05, 4.69) is 20.8 Å². The molecule has 1 atom stereocenters. The Morgan fingerprint density at radius 1 is 1.44 bits per heavy atom. The van der Waals surface area contributed by atoms with Crippen LogP contribution in [0, 0.1) is 0 Å². The standard InChI is InChI=1S/C17H21ClN4O2.ClH/c1-2-11(24-15-6-4-3-5-13(15)18)9-20-17(23)16-12-10-19-8-7-14(12)21-22-16;/h3-6,11,19H,2,7-10H2,1H3,(H,20,23)(H,21,22);1H. The lowest BCUT2D eigenvalue weighted by Crippen LogP contribution is -2.36. The maximum absolute atomic E-state index is 12.4. The van der Waals surface area contributed by atoms with Gasteiger partial charge in [0.05, 0.1) is 11.6 Å². The predicted octanol–water partition coefficient (Wildman–Crippen LogP) is 2.72. The number of carbonyl (C=O) groups is 1. The van der Waals surface area contributed by atoms with E-state index < -0.39 is 0 Å². The van der Waals surface area contributed by atoms with Crippen molar-refractivity contribution in [3.8, 4) is 5.75 Å². The quantitative estimate of drug-likeness (QED) is 0.715. The van der Waals surface area contributed by atoms with E-state index in [1.807, 2.05) is 25.1 Å². The van der Waals surface area contributed by atoms with Crippen LogP contribution in [-0.2, 0) is 13.0 Å². The van der Waals surface area contributed by atoms with Crippen molar-refractivity contribution in [1.29, 1.82) is 0 Å². The fraction of sp³-hybridized carbons (Fsp3) is 0.412. The summed E-state index contributed by atoms with van der Waals surface area (Å²) in [5, 5.41) is 13.8. The molecule has 1 aromatic heterocycles. The molecule has 0 bridgehead atoms. The highest BCUT2D eigenvalue weighted by molar-refractivity contribution is 6.32. The topological polar surface area (TPSA) is 79.0 Å². The summed E-state index contributed by atoms with van der Waals surface area (Å²) < 4.78 is 5.89. The van der Waals surface area contributed by atoms with Crippen LogP contribution in [0.3, 0.4) is 0 Å². The van der Waals surface area contributed by atoms with Gasteiger partial charge >= 0.3 is 0 Å². The van der Waals surface area contributed by atoms with E-state index in [0.717, 1.165) is 30.6 Å². The Hall–Kier alpha value is -1.76. The SMILES string of the molecule is CCC(CNC(=O)c1n[nH]c2c1CNCC2)Oc1ccccc1Cl.Cl. The molecule has 3 rings (SSSR count). The molecule has 0 fully saturated rings. The van der Waals surface area contributed by atoms with Gasteiger partial charge in [0.2, 0.25) is 0 Å². The van der Waals surface area contributed by atoms with Gasteiger partial charge in [-0.3, -0.25) is 9.89 Å². The third-order valence-corrected chi connectivity index (χ3v) is 4.41. The highest BCUT2D eigenvalue weighted by atomic mass is 35.5. The Balaban J connectivity index is 0.00000225. The number of ether oxygens (including phenoxy) is 1. The lowest BCUT2D eigenvalue weighted by molar-refractivity contribution is 0.0920. The van der Waals surface area contributed by atoms with Crippen molar-refractivity contribution < 1.29 is 9.53 Å². The van der Waals surface area contributed by atoms with Gasteiger partial charge in [0, 0.05) is 30.8 Å². The van der Waals surface area contributed by atoms with Gasteiger partial charge in [0.15, 0.2) is 5.69 Å². The number of halogens is 2. The molecule has 0 spiro atoms. The minimum absolute atomic E-state index is 0. The third-order valence-electron chi connectivity index (χ3n) is 4.10. The van der Waals surface area contributed by atoms with E-state index in [-0.39, 0.29) is 24.4 Å². The van der Waals surface area contributed by atoms with Crippen LogP contribution in [0.1, 0.15) is 35.1 Å². The lowest BCUT2D eigenvalue weighted by Gasteiger charge is -2.19. The minimum atomic E-state index is -0.183. The number of hydrogen-bond acceptors (Lipinski definition) is 4. The van der Waals surface area contributed by atoms with E-state index in [1.54, 1.807) is 6.07 Å². The second-order valence-electron chi connectivity index (χ2n) is 5.74. The summed E-state index contributed by atoms with van der Waals surface area (Å²) in [6.07, 6.45) is 1.47. The van der Waals surface area contributed by atoms with Gasteiger partial charge in [-0.2, -0.15) is 5.10 Å². The first-order valence-electron chi connectivity index (χ1n) is 8.15. The lowest BCUT2D eigenvalue weighted by atomic mass is 10.1. The zero-order valence-corrected chi connectivity index (χ0v) is 15.5. The second kappa shape index (κ2) is 9.08. The van der Waals surface area contributed by atoms with Crippen molar-refractivity contribution in [2.45, 2.75) is 32.4 Å². The number of amides is 1. The van der Waals surface area contributed by atoms with Gasteiger partial charge in [-0.15, -0.1) is 12.4 Å². The highest BCUT2D eigenvalue weighted by Crippen LogP contribution is 2.24.